The van der Waals surface area contributed by atoms with Gasteiger partial charge in [0.05, 0.1) is 0 Å². The van der Waals surface area contributed by atoms with E-state index in [2.05, 4.69) is 40.7 Å². The molecule has 0 saturated heterocycles. The van der Waals surface area contributed by atoms with Gasteiger partial charge < -0.3 is 5.73 Å². The molecule has 20 heavy (non-hydrogen) atoms. The SMILES string of the molecule is CCCCN(CCCC)C(CN)c1ccc(Br)cc1Cl. The van der Waals surface area contributed by atoms with Gasteiger partial charge in [-0.2, -0.15) is 0 Å². The zero-order chi connectivity index (χ0) is 15.0. The Labute approximate surface area is 136 Å². The van der Waals surface area contributed by atoms with E-state index in [-0.39, 0.29) is 6.04 Å². The van der Waals surface area contributed by atoms with Crippen LogP contribution < -0.4 is 5.73 Å². The summed E-state index contributed by atoms with van der Waals surface area (Å²) in [5, 5.41) is 0.799. The van der Waals surface area contributed by atoms with Crippen LogP contribution in [-0.2, 0) is 0 Å². The van der Waals surface area contributed by atoms with Crippen molar-refractivity contribution in [2.24, 2.45) is 5.73 Å². The molecule has 0 aliphatic rings. The Morgan fingerprint density at radius 1 is 1.20 bits per heavy atom. The second kappa shape index (κ2) is 9.78. The fraction of sp³-hybridized carbons (Fsp3) is 0.625. The largest absolute Gasteiger partial charge is 0.329 e. The molecule has 4 heteroatoms. The number of benzene rings is 1. The molecule has 0 bridgehead atoms. The summed E-state index contributed by atoms with van der Waals surface area (Å²) in [5.74, 6) is 0. The lowest BCUT2D eigenvalue weighted by atomic mass is 10.0. The van der Waals surface area contributed by atoms with Gasteiger partial charge in [0.2, 0.25) is 0 Å². The molecule has 1 rings (SSSR count). The van der Waals surface area contributed by atoms with Crippen LogP contribution in [0.2, 0.25) is 5.02 Å². The van der Waals surface area contributed by atoms with Crippen molar-refractivity contribution in [3.05, 3.63) is 33.3 Å². The molecule has 2 N–H and O–H groups in total. The molecule has 0 aliphatic carbocycles. The smallest absolute Gasteiger partial charge is 0.0485 e. The summed E-state index contributed by atoms with van der Waals surface area (Å²) in [7, 11) is 0. The number of hydrogen-bond acceptors (Lipinski definition) is 2. The minimum absolute atomic E-state index is 0.216. The van der Waals surface area contributed by atoms with Gasteiger partial charge >= 0.3 is 0 Å². The molecule has 1 aromatic carbocycles. The first-order valence-corrected chi connectivity index (χ1v) is 8.70. The van der Waals surface area contributed by atoms with E-state index in [0.717, 1.165) is 28.1 Å². The van der Waals surface area contributed by atoms with Gasteiger partial charge in [-0.3, -0.25) is 4.90 Å². The van der Waals surface area contributed by atoms with E-state index in [0.29, 0.717) is 6.54 Å². The van der Waals surface area contributed by atoms with Crippen molar-refractivity contribution >= 4 is 27.5 Å². The third kappa shape index (κ3) is 5.36. The number of nitrogens with zero attached hydrogens (tertiary/aromatic N) is 1. The summed E-state index contributed by atoms with van der Waals surface area (Å²) in [6.45, 7) is 7.23. The van der Waals surface area contributed by atoms with Crippen molar-refractivity contribution in [2.75, 3.05) is 19.6 Å². The van der Waals surface area contributed by atoms with Gasteiger partial charge in [-0.15, -0.1) is 0 Å². The molecular weight excluding hydrogens is 336 g/mol. The highest BCUT2D eigenvalue weighted by atomic mass is 79.9. The second-order valence-corrected chi connectivity index (χ2v) is 6.48. The molecule has 2 nitrogen and oxygen atoms in total. The molecule has 0 spiro atoms. The van der Waals surface area contributed by atoms with Crippen LogP contribution >= 0.6 is 27.5 Å². The van der Waals surface area contributed by atoms with Crippen molar-refractivity contribution in [2.45, 2.75) is 45.6 Å². The molecule has 1 atom stereocenters. The van der Waals surface area contributed by atoms with Crippen LogP contribution in [0.15, 0.2) is 22.7 Å². The first kappa shape index (κ1) is 18.0. The summed E-state index contributed by atoms with van der Waals surface area (Å²) in [4.78, 5) is 2.49. The fourth-order valence-corrected chi connectivity index (χ4v) is 3.19. The van der Waals surface area contributed by atoms with Gasteiger partial charge in [0.1, 0.15) is 0 Å². The number of unbranched alkanes of at least 4 members (excludes halogenated alkanes) is 2. The lowest BCUT2D eigenvalue weighted by Crippen LogP contribution is -2.35. The molecule has 1 unspecified atom stereocenters. The lowest BCUT2D eigenvalue weighted by molar-refractivity contribution is 0.195. The van der Waals surface area contributed by atoms with E-state index in [1.54, 1.807) is 0 Å². The van der Waals surface area contributed by atoms with E-state index in [1.165, 1.54) is 25.7 Å². The average Bonchev–Trinajstić information content (AvgIpc) is 2.43. The predicted octanol–water partition coefficient (Wildman–Crippen LogP) is 5.00. The molecule has 0 radical (unpaired) electrons. The van der Waals surface area contributed by atoms with Crippen LogP contribution in [0, 0.1) is 0 Å². The van der Waals surface area contributed by atoms with Crippen molar-refractivity contribution in [3.8, 4) is 0 Å². The first-order chi connectivity index (χ1) is 9.63. The molecule has 0 amide bonds. The van der Waals surface area contributed by atoms with E-state index < -0.39 is 0 Å². The van der Waals surface area contributed by atoms with Gasteiger partial charge in [-0.1, -0.05) is 60.3 Å². The highest BCUT2D eigenvalue weighted by molar-refractivity contribution is 9.10. The Bertz CT molecular complexity index is 390. The molecular formula is C16H26BrClN2. The summed E-state index contributed by atoms with van der Waals surface area (Å²) < 4.78 is 1.01. The monoisotopic (exact) mass is 360 g/mol. The number of nitrogens with two attached hydrogens (primary N) is 1. The maximum atomic E-state index is 6.40. The standard InChI is InChI=1S/C16H26BrClN2/c1-3-5-9-20(10-6-4-2)16(12-19)14-8-7-13(17)11-15(14)18/h7-8,11,16H,3-6,9-10,12,19H2,1-2H3. The molecule has 0 aliphatic heterocycles. The Kier molecular flexibility index (Phi) is 8.78. The molecule has 0 saturated carbocycles. The van der Waals surface area contributed by atoms with Gasteiger partial charge in [0, 0.05) is 22.1 Å². The van der Waals surface area contributed by atoms with Crippen LogP contribution in [-0.4, -0.2) is 24.5 Å². The first-order valence-electron chi connectivity index (χ1n) is 7.53. The Morgan fingerprint density at radius 3 is 2.25 bits per heavy atom. The maximum Gasteiger partial charge on any atom is 0.0485 e. The quantitative estimate of drug-likeness (QED) is 0.670. The van der Waals surface area contributed by atoms with Crippen LogP contribution in [0.25, 0.3) is 0 Å². The van der Waals surface area contributed by atoms with Crippen LogP contribution in [0.3, 0.4) is 0 Å². The van der Waals surface area contributed by atoms with Crippen LogP contribution in [0.4, 0.5) is 0 Å². The number of hydrogen-bond donors (Lipinski definition) is 1. The number of rotatable bonds is 9. The third-order valence-electron chi connectivity index (χ3n) is 3.58. The van der Waals surface area contributed by atoms with Crippen molar-refractivity contribution in [1.82, 2.24) is 4.90 Å². The van der Waals surface area contributed by atoms with Crippen molar-refractivity contribution < 1.29 is 0 Å². The highest BCUT2D eigenvalue weighted by Crippen LogP contribution is 2.30. The van der Waals surface area contributed by atoms with Crippen molar-refractivity contribution in [3.63, 3.8) is 0 Å². The summed E-state index contributed by atoms with van der Waals surface area (Å²) >= 11 is 9.86. The van der Waals surface area contributed by atoms with E-state index in [9.17, 15) is 0 Å². The van der Waals surface area contributed by atoms with Crippen LogP contribution in [0.1, 0.15) is 51.1 Å². The van der Waals surface area contributed by atoms with E-state index in [1.807, 2.05) is 12.1 Å². The molecule has 1 aromatic rings. The minimum atomic E-state index is 0.216. The summed E-state index contributed by atoms with van der Waals surface area (Å²) in [6, 6.07) is 6.31. The van der Waals surface area contributed by atoms with Gasteiger partial charge in [-0.25, -0.2) is 0 Å². The second-order valence-electron chi connectivity index (χ2n) is 5.16. The Balaban J connectivity index is 2.92. The number of halogens is 2. The average molecular weight is 362 g/mol. The highest BCUT2D eigenvalue weighted by Gasteiger charge is 2.20. The normalized spacial score (nSPS) is 12.9. The summed E-state index contributed by atoms with van der Waals surface area (Å²) in [6.07, 6.45) is 4.81. The maximum absolute atomic E-state index is 6.40. The summed E-state index contributed by atoms with van der Waals surface area (Å²) in [5.41, 5.74) is 7.19. The topological polar surface area (TPSA) is 29.3 Å². The Morgan fingerprint density at radius 2 is 1.80 bits per heavy atom. The molecule has 0 aromatic heterocycles. The lowest BCUT2D eigenvalue weighted by Gasteiger charge is -2.32. The van der Waals surface area contributed by atoms with E-state index in [4.69, 9.17) is 17.3 Å². The fourth-order valence-electron chi connectivity index (χ4n) is 2.39. The molecule has 0 fully saturated rings. The Hall–Kier alpha value is -0.0900. The predicted molar refractivity (Wildman–Crippen MR) is 92.3 cm³/mol. The van der Waals surface area contributed by atoms with E-state index >= 15 is 0 Å². The van der Waals surface area contributed by atoms with Gasteiger partial charge in [-0.05, 0) is 43.6 Å². The molecule has 0 heterocycles. The third-order valence-corrected chi connectivity index (χ3v) is 4.40. The van der Waals surface area contributed by atoms with Crippen molar-refractivity contribution in [1.29, 1.82) is 0 Å². The minimum Gasteiger partial charge on any atom is -0.329 e. The van der Waals surface area contributed by atoms with Gasteiger partial charge in [0.25, 0.3) is 0 Å². The van der Waals surface area contributed by atoms with Crippen LogP contribution in [0.5, 0.6) is 0 Å². The van der Waals surface area contributed by atoms with Gasteiger partial charge in [0.15, 0.2) is 0 Å². The zero-order valence-corrected chi connectivity index (χ0v) is 14.9. The zero-order valence-electron chi connectivity index (χ0n) is 12.5. The molecule has 114 valence electrons.